The van der Waals surface area contributed by atoms with Gasteiger partial charge in [0, 0.05) is 26.2 Å². The number of hydrogen-bond acceptors (Lipinski definition) is 5. The number of piperidine rings is 1. The largest absolute Gasteiger partial charge is 0.338 e. The molecule has 0 unspecified atom stereocenters. The number of hydrogen-bond donors (Lipinski definition) is 0. The van der Waals surface area contributed by atoms with Crippen LogP contribution in [0.4, 0.5) is 0 Å². The van der Waals surface area contributed by atoms with Gasteiger partial charge in [0.25, 0.3) is 5.91 Å². The molecule has 1 aromatic heterocycles. The van der Waals surface area contributed by atoms with E-state index in [1.54, 1.807) is 23.4 Å². The minimum absolute atomic E-state index is 0.0668. The maximum atomic E-state index is 12.4. The first kappa shape index (κ1) is 15.9. The summed E-state index contributed by atoms with van der Waals surface area (Å²) in [6.45, 7) is 1.01. The highest BCUT2D eigenvalue weighted by Gasteiger charge is 2.30. The summed E-state index contributed by atoms with van der Waals surface area (Å²) >= 11 is 1.27. The molecule has 0 aromatic carbocycles. The van der Waals surface area contributed by atoms with Crippen molar-refractivity contribution in [3.05, 3.63) is 21.9 Å². The highest BCUT2D eigenvalue weighted by molar-refractivity contribution is 7.88. The van der Waals surface area contributed by atoms with E-state index in [4.69, 9.17) is 5.26 Å². The van der Waals surface area contributed by atoms with Gasteiger partial charge in [-0.1, -0.05) is 0 Å². The van der Waals surface area contributed by atoms with Crippen LogP contribution in [-0.2, 0) is 10.0 Å². The molecule has 21 heavy (non-hydrogen) atoms. The molecular weight excluding hydrogens is 310 g/mol. The normalized spacial score (nSPS) is 17.0. The summed E-state index contributed by atoms with van der Waals surface area (Å²) in [5, 5.41) is 10.7. The van der Waals surface area contributed by atoms with E-state index in [2.05, 4.69) is 0 Å². The SMILES string of the molecule is CN(C1CCN(C(=O)c2sccc2C#N)CC1)S(C)(=O)=O. The van der Waals surface area contributed by atoms with Gasteiger partial charge in [0.15, 0.2) is 0 Å². The Morgan fingerprint density at radius 2 is 2.10 bits per heavy atom. The van der Waals surface area contributed by atoms with Crippen LogP contribution in [0, 0.1) is 11.3 Å². The number of nitrogens with zero attached hydrogens (tertiary/aromatic N) is 3. The predicted molar refractivity (Wildman–Crippen MR) is 80.6 cm³/mol. The molecule has 1 aliphatic rings. The van der Waals surface area contributed by atoms with E-state index in [1.165, 1.54) is 21.9 Å². The first-order valence-electron chi connectivity index (χ1n) is 6.54. The number of sulfonamides is 1. The first-order chi connectivity index (χ1) is 9.84. The number of thiophene rings is 1. The van der Waals surface area contributed by atoms with Gasteiger partial charge in [-0.05, 0) is 24.3 Å². The van der Waals surface area contributed by atoms with Crippen molar-refractivity contribution in [1.29, 1.82) is 5.26 Å². The van der Waals surface area contributed by atoms with Crippen LogP contribution in [0.3, 0.4) is 0 Å². The molecule has 0 atom stereocenters. The number of amides is 1. The fourth-order valence-corrected chi connectivity index (χ4v) is 3.97. The Hall–Kier alpha value is -1.43. The molecule has 0 bridgehead atoms. The number of carbonyl (C=O) groups is 1. The van der Waals surface area contributed by atoms with Crippen LogP contribution in [-0.4, -0.2) is 56.0 Å². The molecule has 8 heteroatoms. The lowest BCUT2D eigenvalue weighted by Crippen LogP contribution is -2.47. The van der Waals surface area contributed by atoms with Gasteiger partial charge in [-0.2, -0.15) is 5.26 Å². The van der Waals surface area contributed by atoms with Crippen LogP contribution in [0.25, 0.3) is 0 Å². The molecule has 1 fully saturated rings. The number of nitriles is 1. The number of carbonyl (C=O) groups excluding carboxylic acids is 1. The highest BCUT2D eigenvalue weighted by Crippen LogP contribution is 2.23. The quantitative estimate of drug-likeness (QED) is 0.833. The molecule has 2 heterocycles. The monoisotopic (exact) mass is 327 g/mol. The molecule has 1 aliphatic heterocycles. The second-order valence-corrected chi connectivity index (χ2v) is 8.04. The minimum Gasteiger partial charge on any atom is -0.338 e. The minimum atomic E-state index is -3.21. The molecule has 6 nitrogen and oxygen atoms in total. The number of likely N-dealkylation sites (tertiary alicyclic amines) is 1. The van der Waals surface area contributed by atoms with E-state index < -0.39 is 10.0 Å². The van der Waals surface area contributed by atoms with E-state index in [-0.39, 0.29) is 11.9 Å². The molecule has 1 amide bonds. The Kier molecular flexibility index (Phi) is 4.66. The van der Waals surface area contributed by atoms with Crippen molar-refractivity contribution in [1.82, 2.24) is 9.21 Å². The summed E-state index contributed by atoms with van der Waals surface area (Å²) in [5.74, 6) is -0.137. The fourth-order valence-electron chi connectivity index (χ4n) is 2.41. The summed E-state index contributed by atoms with van der Waals surface area (Å²) < 4.78 is 24.4. The van der Waals surface area contributed by atoms with Crippen LogP contribution < -0.4 is 0 Å². The molecule has 0 spiro atoms. The second kappa shape index (κ2) is 6.13. The summed E-state index contributed by atoms with van der Waals surface area (Å²) in [4.78, 5) is 14.5. The topological polar surface area (TPSA) is 81.5 Å². The van der Waals surface area contributed by atoms with E-state index in [0.29, 0.717) is 36.4 Å². The zero-order chi connectivity index (χ0) is 15.6. The summed E-state index contributed by atoms with van der Waals surface area (Å²) in [6.07, 6.45) is 2.42. The Labute approximate surface area is 128 Å². The predicted octanol–water partition coefficient (Wildman–Crippen LogP) is 1.12. The number of rotatable bonds is 3. The first-order valence-corrected chi connectivity index (χ1v) is 9.27. The van der Waals surface area contributed by atoms with E-state index in [9.17, 15) is 13.2 Å². The Morgan fingerprint density at radius 1 is 1.48 bits per heavy atom. The summed E-state index contributed by atoms with van der Waals surface area (Å²) in [7, 11) is -1.63. The molecular formula is C13H17N3O3S2. The van der Waals surface area contributed by atoms with Crippen LogP contribution >= 0.6 is 11.3 Å². The van der Waals surface area contributed by atoms with Gasteiger partial charge in [-0.3, -0.25) is 4.79 Å². The third kappa shape index (κ3) is 3.43. The maximum absolute atomic E-state index is 12.4. The van der Waals surface area contributed by atoms with E-state index >= 15 is 0 Å². The lowest BCUT2D eigenvalue weighted by Gasteiger charge is -2.35. The molecule has 0 N–H and O–H groups in total. The van der Waals surface area contributed by atoms with Gasteiger partial charge in [-0.25, -0.2) is 12.7 Å². The van der Waals surface area contributed by atoms with Crippen molar-refractivity contribution in [3.8, 4) is 6.07 Å². The van der Waals surface area contributed by atoms with Crippen molar-refractivity contribution in [2.45, 2.75) is 18.9 Å². The zero-order valence-electron chi connectivity index (χ0n) is 11.9. The third-order valence-electron chi connectivity index (χ3n) is 3.77. The molecule has 2 rings (SSSR count). The summed E-state index contributed by atoms with van der Waals surface area (Å²) in [5.41, 5.74) is 0.403. The zero-order valence-corrected chi connectivity index (χ0v) is 13.6. The van der Waals surface area contributed by atoms with E-state index in [1.807, 2.05) is 6.07 Å². The van der Waals surface area contributed by atoms with Crippen molar-refractivity contribution in [2.75, 3.05) is 26.4 Å². The lowest BCUT2D eigenvalue weighted by molar-refractivity contribution is 0.0691. The Balaban J connectivity index is 2.02. The summed E-state index contributed by atoms with van der Waals surface area (Å²) in [6, 6.07) is 3.59. The Morgan fingerprint density at radius 3 is 2.62 bits per heavy atom. The lowest BCUT2D eigenvalue weighted by atomic mass is 10.0. The smallest absolute Gasteiger partial charge is 0.265 e. The van der Waals surface area contributed by atoms with Gasteiger partial charge in [-0.15, -0.1) is 11.3 Å². The Bertz CT molecular complexity index is 667. The molecule has 1 saturated heterocycles. The van der Waals surface area contributed by atoms with Gasteiger partial charge in [0.2, 0.25) is 10.0 Å². The van der Waals surface area contributed by atoms with Crippen molar-refractivity contribution in [2.24, 2.45) is 0 Å². The third-order valence-corrected chi connectivity index (χ3v) is 6.02. The van der Waals surface area contributed by atoms with Gasteiger partial charge < -0.3 is 4.90 Å². The van der Waals surface area contributed by atoms with Crippen LogP contribution in [0.1, 0.15) is 28.1 Å². The average molecular weight is 327 g/mol. The average Bonchev–Trinajstić information content (AvgIpc) is 2.93. The molecule has 1 aromatic rings. The van der Waals surface area contributed by atoms with Gasteiger partial charge in [0.1, 0.15) is 10.9 Å². The van der Waals surface area contributed by atoms with Crippen LogP contribution in [0.2, 0.25) is 0 Å². The van der Waals surface area contributed by atoms with Gasteiger partial charge in [0.05, 0.1) is 11.8 Å². The van der Waals surface area contributed by atoms with Crippen LogP contribution in [0.15, 0.2) is 11.4 Å². The van der Waals surface area contributed by atoms with Crippen molar-refractivity contribution >= 4 is 27.3 Å². The molecule has 0 aliphatic carbocycles. The van der Waals surface area contributed by atoms with Crippen LogP contribution in [0.5, 0.6) is 0 Å². The fraction of sp³-hybridized carbons (Fsp3) is 0.538. The van der Waals surface area contributed by atoms with Crippen molar-refractivity contribution in [3.63, 3.8) is 0 Å². The highest BCUT2D eigenvalue weighted by atomic mass is 32.2. The maximum Gasteiger partial charge on any atom is 0.265 e. The second-order valence-electron chi connectivity index (χ2n) is 5.08. The standard InChI is InChI=1S/C13H17N3O3S2/c1-15(21(2,18)19)11-3-6-16(7-4-11)13(17)12-10(9-14)5-8-20-12/h5,8,11H,3-4,6-7H2,1-2H3. The molecule has 114 valence electrons. The van der Waals surface area contributed by atoms with Gasteiger partial charge >= 0.3 is 0 Å². The van der Waals surface area contributed by atoms with E-state index in [0.717, 1.165) is 0 Å². The molecule has 0 saturated carbocycles. The molecule has 0 radical (unpaired) electrons. The van der Waals surface area contributed by atoms with Crippen molar-refractivity contribution < 1.29 is 13.2 Å².